The Morgan fingerprint density at radius 1 is 1.62 bits per heavy atom. The van der Waals surface area contributed by atoms with Crippen LogP contribution < -0.4 is 5.73 Å². The van der Waals surface area contributed by atoms with Gasteiger partial charge in [0.1, 0.15) is 5.60 Å². The molecule has 1 heterocycles. The molecule has 70 valence electrons. The third-order valence-electron chi connectivity index (χ3n) is 2.79. The van der Waals surface area contributed by atoms with Gasteiger partial charge in [0.25, 0.3) is 0 Å². The van der Waals surface area contributed by atoms with E-state index in [2.05, 4.69) is 4.98 Å². The minimum Gasteiger partial charge on any atom is -0.384 e. The molecule has 0 saturated carbocycles. The van der Waals surface area contributed by atoms with Crippen molar-refractivity contribution in [1.82, 2.24) is 4.98 Å². The van der Waals surface area contributed by atoms with Crippen LogP contribution in [0.5, 0.6) is 0 Å². The standard InChI is InChI=1S/C10H14N2O/c11-7-10(13)4-1-2-8-3-5-12-6-9(8)10/h3,5-6,13H,1-2,4,7,11H2. The van der Waals surface area contributed by atoms with E-state index in [1.54, 1.807) is 12.4 Å². The van der Waals surface area contributed by atoms with Gasteiger partial charge in [0, 0.05) is 24.5 Å². The van der Waals surface area contributed by atoms with Crippen LogP contribution in [0.25, 0.3) is 0 Å². The van der Waals surface area contributed by atoms with Gasteiger partial charge in [0.05, 0.1) is 0 Å². The highest BCUT2D eigenvalue weighted by Crippen LogP contribution is 2.33. The average molecular weight is 178 g/mol. The summed E-state index contributed by atoms with van der Waals surface area (Å²) in [5, 5.41) is 10.2. The molecule has 1 unspecified atom stereocenters. The van der Waals surface area contributed by atoms with Crippen LogP contribution in [0.2, 0.25) is 0 Å². The molecule has 3 N–H and O–H groups in total. The van der Waals surface area contributed by atoms with Crippen molar-refractivity contribution < 1.29 is 5.11 Å². The Labute approximate surface area is 77.6 Å². The van der Waals surface area contributed by atoms with Gasteiger partial charge >= 0.3 is 0 Å². The van der Waals surface area contributed by atoms with Crippen molar-refractivity contribution in [3.8, 4) is 0 Å². The summed E-state index contributed by atoms with van der Waals surface area (Å²) in [4.78, 5) is 4.03. The molecule has 13 heavy (non-hydrogen) atoms. The van der Waals surface area contributed by atoms with E-state index < -0.39 is 5.60 Å². The average Bonchev–Trinajstić information content (AvgIpc) is 2.19. The highest BCUT2D eigenvalue weighted by molar-refractivity contribution is 5.32. The van der Waals surface area contributed by atoms with E-state index in [-0.39, 0.29) is 6.54 Å². The molecule has 0 fully saturated rings. The maximum Gasteiger partial charge on any atom is 0.104 e. The van der Waals surface area contributed by atoms with Crippen molar-refractivity contribution in [2.24, 2.45) is 5.73 Å². The predicted octanol–water partition coefficient (Wildman–Crippen LogP) is 0.564. The molecule has 1 atom stereocenters. The summed E-state index contributed by atoms with van der Waals surface area (Å²) in [6.07, 6.45) is 6.29. The van der Waals surface area contributed by atoms with E-state index >= 15 is 0 Å². The maximum absolute atomic E-state index is 10.2. The predicted molar refractivity (Wildman–Crippen MR) is 50.1 cm³/mol. The van der Waals surface area contributed by atoms with Crippen LogP contribution in [-0.2, 0) is 12.0 Å². The first-order chi connectivity index (χ1) is 6.26. The van der Waals surface area contributed by atoms with Crippen LogP contribution in [0, 0.1) is 0 Å². The summed E-state index contributed by atoms with van der Waals surface area (Å²) in [6.45, 7) is 0.283. The Hall–Kier alpha value is -0.930. The maximum atomic E-state index is 10.2. The molecule has 1 aliphatic carbocycles. The number of pyridine rings is 1. The number of hydrogen-bond donors (Lipinski definition) is 2. The van der Waals surface area contributed by atoms with Crippen molar-refractivity contribution in [3.63, 3.8) is 0 Å². The number of hydrogen-bond acceptors (Lipinski definition) is 3. The van der Waals surface area contributed by atoms with Gasteiger partial charge in [-0.25, -0.2) is 0 Å². The van der Waals surface area contributed by atoms with Gasteiger partial charge in [-0.1, -0.05) is 0 Å². The number of aromatic nitrogens is 1. The van der Waals surface area contributed by atoms with Gasteiger partial charge in [0.15, 0.2) is 0 Å². The normalized spacial score (nSPS) is 26.9. The molecule has 0 aromatic carbocycles. The van der Waals surface area contributed by atoms with E-state index in [4.69, 9.17) is 5.73 Å². The second-order valence-corrected chi connectivity index (χ2v) is 3.62. The van der Waals surface area contributed by atoms with Crippen molar-refractivity contribution in [2.75, 3.05) is 6.54 Å². The zero-order valence-corrected chi connectivity index (χ0v) is 7.53. The molecule has 2 rings (SSSR count). The van der Waals surface area contributed by atoms with Gasteiger partial charge in [0.2, 0.25) is 0 Å². The lowest BCUT2D eigenvalue weighted by Crippen LogP contribution is -2.38. The molecule has 3 nitrogen and oxygen atoms in total. The van der Waals surface area contributed by atoms with Gasteiger partial charge in [-0.2, -0.15) is 0 Å². The summed E-state index contributed by atoms with van der Waals surface area (Å²) in [5.74, 6) is 0. The van der Waals surface area contributed by atoms with E-state index in [9.17, 15) is 5.11 Å². The fraction of sp³-hybridized carbons (Fsp3) is 0.500. The van der Waals surface area contributed by atoms with Crippen LogP contribution in [-0.4, -0.2) is 16.6 Å². The molecule has 0 spiro atoms. The Kier molecular flexibility index (Phi) is 2.06. The van der Waals surface area contributed by atoms with Crippen molar-refractivity contribution >= 4 is 0 Å². The first-order valence-electron chi connectivity index (χ1n) is 4.62. The van der Waals surface area contributed by atoms with Crippen LogP contribution >= 0.6 is 0 Å². The van der Waals surface area contributed by atoms with E-state index in [1.807, 2.05) is 6.07 Å². The highest BCUT2D eigenvalue weighted by Gasteiger charge is 2.32. The lowest BCUT2D eigenvalue weighted by Gasteiger charge is -2.32. The quantitative estimate of drug-likeness (QED) is 0.660. The third kappa shape index (κ3) is 1.34. The Balaban J connectivity index is 2.48. The lowest BCUT2D eigenvalue weighted by atomic mass is 9.80. The molecule has 1 aromatic heterocycles. The summed E-state index contributed by atoms with van der Waals surface area (Å²) in [6, 6.07) is 1.97. The zero-order chi connectivity index (χ0) is 9.31. The second-order valence-electron chi connectivity index (χ2n) is 3.62. The number of nitrogens with zero attached hydrogens (tertiary/aromatic N) is 1. The fourth-order valence-corrected chi connectivity index (χ4v) is 1.98. The van der Waals surface area contributed by atoms with Crippen LogP contribution in [0.1, 0.15) is 24.0 Å². The highest BCUT2D eigenvalue weighted by atomic mass is 16.3. The van der Waals surface area contributed by atoms with E-state index in [0.29, 0.717) is 0 Å². The van der Waals surface area contributed by atoms with Crippen molar-refractivity contribution in [2.45, 2.75) is 24.9 Å². The van der Waals surface area contributed by atoms with Crippen molar-refractivity contribution in [3.05, 3.63) is 29.6 Å². The van der Waals surface area contributed by atoms with Crippen LogP contribution in [0.15, 0.2) is 18.5 Å². The van der Waals surface area contributed by atoms with Crippen LogP contribution in [0.3, 0.4) is 0 Å². The number of rotatable bonds is 1. The molecule has 3 heteroatoms. The van der Waals surface area contributed by atoms with Gasteiger partial charge in [-0.3, -0.25) is 4.98 Å². The lowest BCUT2D eigenvalue weighted by molar-refractivity contribution is 0.0276. The first kappa shape index (κ1) is 8.66. The van der Waals surface area contributed by atoms with E-state index in [1.165, 1.54) is 5.56 Å². The summed E-state index contributed by atoms with van der Waals surface area (Å²) in [7, 11) is 0. The number of fused-ring (bicyclic) bond motifs is 1. The molecule has 1 aliphatic rings. The largest absolute Gasteiger partial charge is 0.384 e. The molecule has 0 saturated heterocycles. The summed E-state index contributed by atoms with van der Waals surface area (Å²) in [5.41, 5.74) is 6.85. The van der Waals surface area contributed by atoms with E-state index in [0.717, 1.165) is 24.8 Å². The fourth-order valence-electron chi connectivity index (χ4n) is 1.98. The minimum atomic E-state index is -0.832. The topological polar surface area (TPSA) is 59.1 Å². The Morgan fingerprint density at radius 3 is 3.23 bits per heavy atom. The van der Waals surface area contributed by atoms with Crippen molar-refractivity contribution in [1.29, 1.82) is 0 Å². The van der Waals surface area contributed by atoms with Gasteiger partial charge in [-0.15, -0.1) is 0 Å². The van der Waals surface area contributed by atoms with Gasteiger partial charge in [-0.05, 0) is 30.9 Å². The first-order valence-corrected chi connectivity index (χ1v) is 4.62. The smallest absolute Gasteiger partial charge is 0.104 e. The monoisotopic (exact) mass is 178 g/mol. The van der Waals surface area contributed by atoms with Gasteiger partial charge < -0.3 is 10.8 Å². The molecule has 0 bridgehead atoms. The molecule has 1 aromatic rings. The second kappa shape index (κ2) is 3.09. The SMILES string of the molecule is NCC1(O)CCCc2ccncc21. The Bertz CT molecular complexity index is 314. The minimum absolute atomic E-state index is 0.283. The molecular formula is C10H14N2O. The van der Waals surface area contributed by atoms with Crippen LogP contribution in [0.4, 0.5) is 0 Å². The Morgan fingerprint density at radius 2 is 2.46 bits per heavy atom. The summed E-state index contributed by atoms with van der Waals surface area (Å²) < 4.78 is 0. The summed E-state index contributed by atoms with van der Waals surface area (Å²) >= 11 is 0. The number of aryl methyl sites for hydroxylation is 1. The number of aliphatic hydroxyl groups is 1. The molecular weight excluding hydrogens is 164 g/mol. The zero-order valence-electron chi connectivity index (χ0n) is 7.53. The number of nitrogens with two attached hydrogens (primary N) is 1. The third-order valence-corrected chi connectivity index (χ3v) is 2.79. The molecule has 0 aliphatic heterocycles. The molecule has 0 radical (unpaired) electrons. The molecule has 0 amide bonds.